The molecule has 0 saturated heterocycles. The number of aromatic nitrogens is 2. The van der Waals surface area contributed by atoms with Gasteiger partial charge in [0.25, 0.3) is 0 Å². The molecule has 2 aromatic rings. The summed E-state index contributed by atoms with van der Waals surface area (Å²) in [6.45, 7) is 1.76. The van der Waals surface area contributed by atoms with Crippen LogP contribution < -0.4 is 5.73 Å². The maximum Gasteiger partial charge on any atom is 0.175 e. The second-order valence-corrected chi connectivity index (χ2v) is 5.93. The predicted molar refractivity (Wildman–Crippen MR) is 66.3 cm³/mol. The lowest BCUT2D eigenvalue weighted by Gasteiger charge is -2.06. The second kappa shape index (κ2) is 3.89. The maximum atomic E-state index is 11.6. The van der Waals surface area contributed by atoms with Crippen LogP contribution in [0.4, 0.5) is 5.82 Å². The lowest BCUT2D eigenvalue weighted by Crippen LogP contribution is -2.00. The average molecular weight is 251 g/mol. The smallest absolute Gasteiger partial charge is 0.175 e. The molecule has 0 radical (unpaired) electrons. The van der Waals surface area contributed by atoms with E-state index in [1.165, 1.54) is 6.26 Å². The minimum Gasteiger partial charge on any atom is -0.384 e. The topological polar surface area (TPSA) is 88.8 Å². The van der Waals surface area contributed by atoms with Gasteiger partial charge in [0, 0.05) is 11.8 Å². The first-order valence-electron chi connectivity index (χ1n) is 4.99. The van der Waals surface area contributed by atoms with Gasteiger partial charge in [-0.25, -0.2) is 8.42 Å². The zero-order valence-electron chi connectivity index (χ0n) is 9.56. The summed E-state index contributed by atoms with van der Waals surface area (Å²) in [4.78, 5) is 0.315. The Hall–Kier alpha value is -1.82. The van der Waals surface area contributed by atoms with E-state index in [1.54, 1.807) is 25.3 Å². The number of nitrogens with zero attached hydrogens (tertiary/aromatic N) is 1. The van der Waals surface area contributed by atoms with Crippen molar-refractivity contribution in [1.29, 1.82) is 0 Å². The van der Waals surface area contributed by atoms with E-state index in [2.05, 4.69) is 10.2 Å². The summed E-state index contributed by atoms with van der Waals surface area (Å²) in [5, 5.41) is 6.43. The van der Waals surface area contributed by atoms with Crippen LogP contribution in [0.2, 0.25) is 0 Å². The van der Waals surface area contributed by atoms with Crippen molar-refractivity contribution >= 4 is 15.7 Å². The molecule has 5 nitrogen and oxygen atoms in total. The first-order valence-corrected chi connectivity index (χ1v) is 6.88. The van der Waals surface area contributed by atoms with Crippen molar-refractivity contribution in [2.45, 2.75) is 11.8 Å². The third-order valence-electron chi connectivity index (χ3n) is 2.57. The molecule has 0 saturated carbocycles. The van der Waals surface area contributed by atoms with Gasteiger partial charge < -0.3 is 5.73 Å². The van der Waals surface area contributed by atoms with E-state index in [0.29, 0.717) is 16.3 Å². The van der Waals surface area contributed by atoms with Crippen LogP contribution in [0.1, 0.15) is 5.56 Å². The van der Waals surface area contributed by atoms with E-state index in [4.69, 9.17) is 5.73 Å². The van der Waals surface area contributed by atoms with Gasteiger partial charge in [-0.1, -0.05) is 12.1 Å². The normalized spacial score (nSPS) is 11.6. The van der Waals surface area contributed by atoms with Gasteiger partial charge in [0.15, 0.2) is 9.84 Å². The molecule has 3 N–H and O–H groups in total. The van der Waals surface area contributed by atoms with Crippen LogP contribution in [0, 0.1) is 6.92 Å². The molecule has 0 atom stereocenters. The molecular weight excluding hydrogens is 238 g/mol. The highest BCUT2D eigenvalue weighted by Gasteiger charge is 2.13. The van der Waals surface area contributed by atoms with Gasteiger partial charge >= 0.3 is 0 Å². The van der Waals surface area contributed by atoms with Gasteiger partial charge in [-0.15, -0.1) is 0 Å². The van der Waals surface area contributed by atoms with E-state index in [9.17, 15) is 8.42 Å². The van der Waals surface area contributed by atoms with E-state index >= 15 is 0 Å². The third kappa shape index (κ3) is 2.16. The van der Waals surface area contributed by atoms with Crippen molar-refractivity contribution in [3.63, 3.8) is 0 Å². The van der Waals surface area contributed by atoms with E-state index in [0.717, 1.165) is 11.1 Å². The van der Waals surface area contributed by atoms with Gasteiger partial charge in [0.2, 0.25) is 0 Å². The van der Waals surface area contributed by atoms with Crippen LogP contribution in [-0.4, -0.2) is 24.9 Å². The van der Waals surface area contributed by atoms with Gasteiger partial charge in [-0.2, -0.15) is 5.10 Å². The Morgan fingerprint density at radius 2 is 2.06 bits per heavy atom. The number of aromatic amines is 1. The first kappa shape index (κ1) is 11.7. The van der Waals surface area contributed by atoms with Crippen LogP contribution in [0.3, 0.4) is 0 Å². The number of nitrogens with two attached hydrogens (primary N) is 1. The first-order chi connectivity index (χ1) is 7.89. The third-order valence-corrected chi connectivity index (χ3v) is 3.81. The molecular formula is C11H13N3O2S. The minimum absolute atomic E-state index is 0.315. The Morgan fingerprint density at radius 1 is 1.35 bits per heavy atom. The molecule has 1 heterocycles. The fourth-order valence-electron chi connectivity index (χ4n) is 1.69. The Balaban J connectivity index is 2.64. The number of rotatable bonds is 2. The fraction of sp³-hybridized carbons (Fsp3) is 0.182. The summed E-state index contributed by atoms with van der Waals surface area (Å²) in [5.41, 5.74) is 7.86. The molecule has 1 aromatic heterocycles. The summed E-state index contributed by atoms with van der Waals surface area (Å²) in [6.07, 6.45) is 2.77. The van der Waals surface area contributed by atoms with Crippen LogP contribution in [0.15, 0.2) is 29.3 Å². The zero-order valence-corrected chi connectivity index (χ0v) is 10.4. The van der Waals surface area contributed by atoms with Crippen LogP contribution in [-0.2, 0) is 9.84 Å². The number of sulfone groups is 1. The fourth-order valence-corrected chi connectivity index (χ4v) is 2.69. The molecule has 0 spiro atoms. The maximum absolute atomic E-state index is 11.6. The number of benzene rings is 1. The summed E-state index contributed by atoms with van der Waals surface area (Å²) < 4.78 is 23.2. The molecule has 90 valence electrons. The molecule has 0 fully saturated rings. The standard InChI is InChI=1S/C11H13N3O2S/c1-7-3-4-8(5-10(7)17(2,15)16)9-6-13-14-11(9)12/h3-6H,1-2H3,(H3,12,13,14). The van der Waals surface area contributed by atoms with Gasteiger partial charge in [0.05, 0.1) is 11.1 Å². The predicted octanol–water partition coefficient (Wildman–Crippen LogP) is 1.37. The van der Waals surface area contributed by atoms with Crippen molar-refractivity contribution in [3.8, 4) is 11.1 Å². The molecule has 0 aliphatic carbocycles. The Bertz CT molecular complexity index is 659. The average Bonchev–Trinajstić information content (AvgIpc) is 2.63. The van der Waals surface area contributed by atoms with Crippen molar-refractivity contribution in [2.24, 2.45) is 0 Å². The molecule has 1 aromatic carbocycles. The van der Waals surface area contributed by atoms with Gasteiger partial charge in [0.1, 0.15) is 5.82 Å². The summed E-state index contributed by atoms with van der Waals surface area (Å²) >= 11 is 0. The highest BCUT2D eigenvalue weighted by Crippen LogP contribution is 2.27. The van der Waals surface area contributed by atoms with Gasteiger partial charge in [-0.3, -0.25) is 5.10 Å². The lowest BCUT2D eigenvalue weighted by molar-refractivity contribution is 0.601. The van der Waals surface area contributed by atoms with E-state index in [1.807, 2.05) is 6.07 Å². The van der Waals surface area contributed by atoms with Crippen LogP contribution >= 0.6 is 0 Å². The Labute approximate surface area is 99.6 Å². The van der Waals surface area contributed by atoms with Crippen molar-refractivity contribution < 1.29 is 8.42 Å². The van der Waals surface area contributed by atoms with Crippen LogP contribution in [0.5, 0.6) is 0 Å². The quantitative estimate of drug-likeness (QED) is 0.843. The largest absolute Gasteiger partial charge is 0.384 e. The summed E-state index contributed by atoms with van der Waals surface area (Å²) in [6, 6.07) is 5.20. The Kier molecular flexibility index (Phi) is 2.66. The molecule has 0 aliphatic rings. The number of nitrogen functional groups attached to an aromatic ring is 1. The molecule has 0 aliphatic heterocycles. The monoisotopic (exact) mass is 251 g/mol. The van der Waals surface area contributed by atoms with E-state index in [-0.39, 0.29) is 0 Å². The summed E-state index contributed by atoms with van der Waals surface area (Å²) in [5.74, 6) is 0.424. The number of nitrogens with one attached hydrogen (secondary N) is 1. The van der Waals surface area contributed by atoms with Gasteiger partial charge in [-0.05, 0) is 24.1 Å². The minimum atomic E-state index is -3.23. The van der Waals surface area contributed by atoms with E-state index < -0.39 is 9.84 Å². The zero-order chi connectivity index (χ0) is 12.6. The number of H-pyrrole nitrogens is 1. The summed E-state index contributed by atoms with van der Waals surface area (Å²) in [7, 11) is -3.23. The highest BCUT2D eigenvalue weighted by atomic mass is 32.2. The second-order valence-electron chi connectivity index (χ2n) is 3.95. The van der Waals surface area contributed by atoms with Crippen molar-refractivity contribution in [1.82, 2.24) is 10.2 Å². The lowest BCUT2D eigenvalue weighted by atomic mass is 10.1. The number of aryl methyl sites for hydroxylation is 1. The number of hydrogen-bond acceptors (Lipinski definition) is 4. The number of hydrogen-bond donors (Lipinski definition) is 2. The van der Waals surface area contributed by atoms with Crippen LogP contribution in [0.25, 0.3) is 11.1 Å². The molecule has 2 rings (SSSR count). The van der Waals surface area contributed by atoms with Crippen molar-refractivity contribution in [3.05, 3.63) is 30.0 Å². The van der Waals surface area contributed by atoms with Crippen molar-refractivity contribution in [2.75, 3.05) is 12.0 Å². The highest BCUT2D eigenvalue weighted by molar-refractivity contribution is 7.90. The Morgan fingerprint density at radius 3 is 2.59 bits per heavy atom. The molecule has 6 heteroatoms. The molecule has 0 amide bonds. The number of anilines is 1. The molecule has 0 bridgehead atoms. The molecule has 0 unspecified atom stereocenters. The molecule has 17 heavy (non-hydrogen) atoms. The SMILES string of the molecule is Cc1ccc(-c2cn[nH]c2N)cc1S(C)(=O)=O.